The molecule has 1 amide bonds. The van der Waals surface area contributed by atoms with Crippen molar-refractivity contribution >= 4 is 23.2 Å². The Morgan fingerprint density at radius 3 is 2.79 bits per heavy atom. The number of carbonyl (C=O) groups is 1. The molecule has 5 nitrogen and oxygen atoms in total. The molecule has 1 atom stereocenters. The monoisotopic (exact) mass is 346 g/mol. The van der Waals surface area contributed by atoms with Crippen LogP contribution in [0.25, 0.3) is 0 Å². The summed E-state index contributed by atoms with van der Waals surface area (Å²) >= 11 is 5.85. The van der Waals surface area contributed by atoms with E-state index in [2.05, 4.69) is 48.1 Å². The topological polar surface area (TPSA) is 41.4 Å². The third-order valence-electron chi connectivity index (χ3n) is 4.56. The lowest BCUT2D eigenvalue weighted by atomic mass is 10.1. The second-order valence-electron chi connectivity index (χ2n) is 6.34. The summed E-state index contributed by atoms with van der Waals surface area (Å²) in [6, 6.07) is 8.61. The first-order valence-electron chi connectivity index (χ1n) is 8.32. The SMILES string of the molecule is Cc1ccccc1N1CCN(C(=O)CCn2cc(Cl)cn2)C(C)C1. The molecule has 0 radical (unpaired) electrons. The van der Waals surface area contributed by atoms with Gasteiger partial charge >= 0.3 is 0 Å². The number of hydrogen-bond acceptors (Lipinski definition) is 3. The smallest absolute Gasteiger partial charge is 0.224 e. The molecule has 0 aliphatic carbocycles. The van der Waals surface area contributed by atoms with Crippen LogP contribution in [0.2, 0.25) is 5.02 Å². The normalized spacial score (nSPS) is 18.0. The molecule has 0 N–H and O–H groups in total. The number of anilines is 1. The molecule has 1 unspecified atom stereocenters. The maximum absolute atomic E-state index is 12.5. The van der Waals surface area contributed by atoms with E-state index in [0.717, 1.165) is 19.6 Å². The van der Waals surface area contributed by atoms with Crippen molar-refractivity contribution in [1.82, 2.24) is 14.7 Å². The molecular weight excluding hydrogens is 324 g/mol. The molecule has 24 heavy (non-hydrogen) atoms. The number of halogens is 1. The van der Waals surface area contributed by atoms with Crippen molar-refractivity contribution in [3.8, 4) is 0 Å². The van der Waals surface area contributed by atoms with Crippen LogP contribution in [0.4, 0.5) is 5.69 Å². The van der Waals surface area contributed by atoms with E-state index in [-0.39, 0.29) is 11.9 Å². The van der Waals surface area contributed by atoms with E-state index in [1.807, 2.05) is 4.90 Å². The highest BCUT2D eigenvalue weighted by atomic mass is 35.5. The summed E-state index contributed by atoms with van der Waals surface area (Å²) in [6.07, 6.45) is 3.79. The van der Waals surface area contributed by atoms with Gasteiger partial charge in [0.15, 0.2) is 0 Å². The first-order chi connectivity index (χ1) is 11.5. The Balaban J connectivity index is 1.57. The molecule has 2 aromatic rings. The highest BCUT2D eigenvalue weighted by molar-refractivity contribution is 6.30. The van der Waals surface area contributed by atoms with Crippen LogP contribution in [-0.4, -0.2) is 46.3 Å². The predicted molar refractivity (Wildman–Crippen MR) is 96.4 cm³/mol. The molecule has 1 aliphatic heterocycles. The van der Waals surface area contributed by atoms with Gasteiger partial charge in [-0.15, -0.1) is 0 Å². The number of carbonyl (C=O) groups excluding carboxylic acids is 1. The molecule has 128 valence electrons. The average Bonchev–Trinajstić information content (AvgIpc) is 2.98. The fraction of sp³-hybridized carbons (Fsp3) is 0.444. The molecule has 1 aliphatic rings. The number of aryl methyl sites for hydroxylation is 2. The van der Waals surface area contributed by atoms with Crippen LogP contribution in [0.3, 0.4) is 0 Å². The highest BCUT2D eigenvalue weighted by Gasteiger charge is 2.27. The van der Waals surface area contributed by atoms with Crippen LogP contribution >= 0.6 is 11.6 Å². The molecular formula is C18H23ClN4O. The molecule has 1 aromatic heterocycles. The number of amides is 1. The number of aromatic nitrogens is 2. The minimum absolute atomic E-state index is 0.179. The minimum atomic E-state index is 0.179. The van der Waals surface area contributed by atoms with Gasteiger partial charge in [-0.05, 0) is 25.5 Å². The predicted octanol–water partition coefficient (Wildman–Crippen LogP) is 2.97. The molecule has 1 fully saturated rings. The Kier molecular flexibility index (Phi) is 5.09. The van der Waals surface area contributed by atoms with Gasteiger partial charge < -0.3 is 9.80 Å². The van der Waals surface area contributed by atoms with E-state index in [9.17, 15) is 4.79 Å². The van der Waals surface area contributed by atoms with Gasteiger partial charge in [-0.2, -0.15) is 5.10 Å². The Bertz CT molecular complexity index is 715. The van der Waals surface area contributed by atoms with Gasteiger partial charge in [-0.25, -0.2) is 0 Å². The lowest BCUT2D eigenvalue weighted by Crippen LogP contribution is -2.54. The molecule has 1 aromatic carbocycles. The van der Waals surface area contributed by atoms with Crippen LogP contribution in [0.1, 0.15) is 18.9 Å². The summed E-state index contributed by atoms with van der Waals surface area (Å²) in [4.78, 5) is 16.9. The maximum Gasteiger partial charge on any atom is 0.224 e. The first-order valence-corrected chi connectivity index (χ1v) is 8.70. The third kappa shape index (κ3) is 3.73. The van der Waals surface area contributed by atoms with Gasteiger partial charge in [0.1, 0.15) is 0 Å². The van der Waals surface area contributed by atoms with Crippen LogP contribution in [-0.2, 0) is 11.3 Å². The number of benzene rings is 1. The molecule has 2 heterocycles. The lowest BCUT2D eigenvalue weighted by molar-refractivity contribution is -0.133. The third-order valence-corrected chi connectivity index (χ3v) is 4.76. The van der Waals surface area contributed by atoms with E-state index in [1.165, 1.54) is 11.3 Å². The van der Waals surface area contributed by atoms with E-state index < -0.39 is 0 Å². The van der Waals surface area contributed by atoms with Crippen LogP contribution in [0.15, 0.2) is 36.7 Å². The largest absolute Gasteiger partial charge is 0.367 e. The summed E-state index contributed by atoms with van der Waals surface area (Å²) in [5, 5.41) is 4.72. The van der Waals surface area contributed by atoms with E-state index in [4.69, 9.17) is 11.6 Å². The van der Waals surface area contributed by atoms with Crippen LogP contribution in [0.5, 0.6) is 0 Å². The lowest BCUT2D eigenvalue weighted by Gasteiger charge is -2.41. The number of para-hydroxylation sites is 1. The van der Waals surface area contributed by atoms with Gasteiger partial charge in [0.05, 0.1) is 11.2 Å². The number of piperazine rings is 1. The van der Waals surface area contributed by atoms with Gasteiger partial charge in [0.25, 0.3) is 0 Å². The second-order valence-corrected chi connectivity index (χ2v) is 6.78. The van der Waals surface area contributed by atoms with E-state index in [1.54, 1.807) is 17.1 Å². The summed E-state index contributed by atoms with van der Waals surface area (Å²) < 4.78 is 1.72. The zero-order chi connectivity index (χ0) is 17.1. The van der Waals surface area contributed by atoms with Gasteiger partial charge in [-0.1, -0.05) is 29.8 Å². The van der Waals surface area contributed by atoms with Crippen LogP contribution in [0, 0.1) is 6.92 Å². The van der Waals surface area contributed by atoms with Gasteiger partial charge in [0.2, 0.25) is 5.91 Å². The Hall–Kier alpha value is -2.01. The fourth-order valence-electron chi connectivity index (χ4n) is 3.28. The summed E-state index contributed by atoms with van der Waals surface area (Å²) in [7, 11) is 0. The molecule has 0 saturated carbocycles. The Morgan fingerprint density at radius 2 is 2.12 bits per heavy atom. The Labute approximate surface area is 147 Å². The maximum atomic E-state index is 12.5. The number of hydrogen-bond donors (Lipinski definition) is 0. The van der Waals surface area contributed by atoms with Crippen LogP contribution < -0.4 is 4.90 Å². The van der Waals surface area contributed by atoms with Crippen molar-refractivity contribution in [3.63, 3.8) is 0 Å². The number of rotatable bonds is 4. The second kappa shape index (κ2) is 7.26. The molecule has 3 rings (SSSR count). The average molecular weight is 347 g/mol. The molecule has 0 bridgehead atoms. The molecule has 0 spiro atoms. The molecule has 6 heteroatoms. The van der Waals surface area contributed by atoms with E-state index in [0.29, 0.717) is 18.0 Å². The quantitative estimate of drug-likeness (QED) is 0.854. The Morgan fingerprint density at radius 1 is 1.33 bits per heavy atom. The van der Waals surface area contributed by atoms with Crippen molar-refractivity contribution in [3.05, 3.63) is 47.2 Å². The van der Waals surface area contributed by atoms with Gasteiger partial charge in [0, 0.05) is 50.5 Å². The first kappa shape index (κ1) is 16.8. The summed E-state index contributed by atoms with van der Waals surface area (Å²) in [6.45, 7) is 7.31. The zero-order valence-corrected chi connectivity index (χ0v) is 14.9. The summed E-state index contributed by atoms with van der Waals surface area (Å²) in [5.41, 5.74) is 2.54. The fourth-order valence-corrected chi connectivity index (χ4v) is 3.44. The highest BCUT2D eigenvalue weighted by Crippen LogP contribution is 2.23. The number of nitrogens with zero attached hydrogens (tertiary/aromatic N) is 4. The van der Waals surface area contributed by atoms with Gasteiger partial charge in [-0.3, -0.25) is 9.48 Å². The zero-order valence-electron chi connectivity index (χ0n) is 14.2. The van der Waals surface area contributed by atoms with Crippen molar-refractivity contribution in [1.29, 1.82) is 0 Å². The minimum Gasteiger partial charge on any atom is -0.367 e. The van der Waals surface area contributed by atoms with Crippen molar-refractivity contribution in [2.45, 2.75) is 32.9 Å². The van der Waals surface area contributed by atoms with Crippen molar-refractivity contribution in [2.75, 3.05) is 24.5 Å². The van der Waals surface area contributed by atoms with Crippen molar-refractivity contribution < 1.29 is 4.79 Å². The van der Waals surface area contributed by atoms with E-state index >= 15 is 0 Å². The summed E-state index contributed by atoms with van der Waals surface area (Å²) in [5.74, 6) is 0.179. The standard InChI is InChI=1S/C18H23ClN4O/c1-14-5-3-4-6-17(14)21-9-10-23(15(2)12-21)18(24)7-8-22-13-16(19)11-20-22/h3-6,11,13,15H,7-10,12H2,1-2H3. The van der Waals surface area contributed by atoms with Crippen molar-refractivity contribution in [2.24, 2.45) is 0 Å². The molecule has 1 saturated heterocycles.